The van der Waals surface area contributed by atoms with Gasteiger partial charge < -0.3 is 10.6 Å². The maximum atomic E-state index is 4.30. The highest BCUT2D eigenvalue weighted by Gasteiger charge is 2.16. The molecule has 1 unspecified atom stereocenters. The molecule has 6 heteroatoms. The Morgan fingerprint density at radius 1 is 1.21 bits per heavy atom. The van der Waals surface area contributed by atoms with Gasteiger partial charge in [0.2, 0.25) is 0 Å². The van der Waals surface area contributed by atoms with Crippen LogP contribution in [-0.4, -0.2) is 47.3 Å². The van der Waals surface area contributed by atoms with Gasteiger partial charge in [-0.1, -0.05) is 31.2 Å². The molecule has 1 aliphatic rings. The van der Waals surface area contributed by atoms with Crippen molar-refractivity contribution in [2.75, 3.05) is 26.7 Å². The summed E-state index contributed by atoms with van der Waals surface area (Å²) in [6, 6.07) is 10.9. The molecular formula is C22H34N6. The second-order valence-electron chi connectivity index (χ2n) is 7.77. The number of nitrogens with one attached hydrogen (secondary N) is 2. The monoisotopic (exact) mass is 382 g/mol. The number of rotatable bonds is 8. The lowest BCUT2D eigenvalue weighted by Crippen LogP contribution is -2.37. The predicted octanol–water partition coefficient (Wildman–Crippen LogP) is 2.87. The smallest absolute Gasteiger partial charge is 0.191 e. The van der Waals surface area contributed by atoms with Crippen LogP contribution in [0.5, 0.6) is 0 Å². The second kappa shape index (κ2) is 10.9. The minimum absolute atomic E-state index is 0.778. The minimum atomic E-state index is 0.778. The molecular weight excluding hydrogens is 348 g/mol. The molecule has 6 nitrogen and oxygen atoms in total. The Kier molecular flexibility index (Phi) is 7.91. The van der Waals surface area contributed by atoms with E-state index in [0.717, 1.165) is 44.5 Å². The number of guanidine groups is 1. The summed E-state index contributed by atoms with van der Waals surface area (Å²) in [7, 11) is 1.81. The topological polar surface area (TPSA) is 57.5 Å². The Labute approximate surface area is 169 Å². The molecule has 1 atom stereocenters. The first kappa shape index (κ1) is 20.4. The quantitative estimate of drug-likeness (QED) is 0.419. The van der Waals surface area contributed by atoms with Crippen molar-refractivity contribution in [3.05, 3.63) is 53.9 Å². The lowest BCUT2D eigenvalue weighted by Gasteiger charge is -2.30. The fourth-order valence-electron chi connectivity index (χ4n) is 3.74. The Hall–Kier alpha value is -2.34. The van der Waals surface area contributed by atoms with Gasteiger partial charge >= 0.3 is 0 Å². The number of nitrogens with zero attached hydrogens (tertiary/aromatic N) is 4. The molecule has 1 aromatic carbocycles. The molecule has 152 valence electrons. The summed E-state index contributed by atoms with van der Waals surface area (Å²) < 4.78 is 1.95. The average Bonchev–Trinajstić information content (AvgIpc) is 3.22. The lowest BCUT2D eigenvalue weighted by molar-refractivity contribution is 0.176. The second-order valence-corrected chi connectivity index (χ2v) is 7.77. The van der Waals surface area contributed by atoms with E-state index >= 15 is 0 Å². The van der Waals surface area contributed by atoms with Crippen molar-refractivity contribution in [2.24, 2.45) is 10.9 Å². The van der Waals surface area contributed by atoms with E-state index in [9.17, 15) is 0 Å². The highest BCUT2D eigenvalue weighted by molar-refractivity contribution is 5.79. The van der Waals surface area contributed by atoms with Crippen LogP contribution in [0.3, 0.4) is 0 Å². The zero-order chi connectivity index (χ0) is 19.6. The zero-order valence-electron chi connectivity index (χ0n) is 17.3. The van der Waals surface area contributed by atoms with Crippen LogP contribution < -0.4 is 10.6 Å². The van der Waals surface area contributed by atoms with E-state index in [1.54, 1.807) is 0 Å². The van der Waals surface area contributed by atoms with Crippen LogP contribution in [0.25, 0.3) is 0 Å². The number of benzene rings is 1. The Balaban J connectivity index is 1.37. The van der Waals surface area contributed by atoms with Gasteiger partial charge in [-0.05, 0) is 48.9 Å². The third-order valence-electron chi connectivity index (χ3n) is 5.27. The van der Waals surface area contributed by atoms with Crippen molar-refractivity contribution < 1.29 is 0 Å². The number of aliphatic imine (C=N–C) groups is 1. The van der Waals surface area contributed by atoms with Gasteiger partial charge in [-0.25, -0.2) is 0 Å². The third kappa shape index (κ3) is 6.68. The number of likely N-dealkylation sites (tertiary alicyclic amines) is 1. The summed E-state index contributed by atoms with van der Waals surface area (Å²) in [6.45, 7) is 8.44. The maximum absolute atomic E-state index is 4.30. The van der Waals surface area contributed by atoms with E-state index in [0.29, 0.717) is 0 Å². The maximum Gasteiger partial charge on any atom is 0.191 e. The summed E-state index contributed by atoms with van der Waals surface area (Å²) in [4.78, 5) is 6.88. The molecule has 3 rings (SSSR count). The molecule has 1 aromatic heterocycles. The molecule has 2 aromatic rings. The molecule has 0 bridgehead atoms. The number of aromatic nitrogens is 2. The predicted molar refractivity (Wildman–Crippen MR) is 115 cm³/mol. The Morgan fingerprint density at radius 3 is 2.75 bits per heavy atom. The van der Waals surface area contributed by atoms with Crippen molar-refractivity contribution >= 4 is 5.96 Å². The Bertz CT molecular complexity index is 707. The van der Waals surface area contributed by atoms with Gasteiger partial charge in [-0.3, -0.25) is 14.6 Å². The zero-order valence-corrected chi connectivity index (χ0v) is 17.3. The van der Waals surface area contributed by atoms with Crippen molar-refractivity contribution in [1.82, 2.24) is 25.3 Å². The van der Waals surface area contributed by atoms with Gasteiger partial charge in [-0.2, -0.15) is 5.10 Å². The van der Waals surface area contributed by atoms with Gasteiger partial charge in [0.15, 0.2) is 5.96 Å². The third-order valence-corrected chi connectivity index (χ3v) is 5.27. The molecule has 1 fully saturated rings. The molecule has 0 spiro atoms. The first-order valence-electron chi connectivity index (χ1n) is 10.4. The van der Waals surface area contributed by atoms with Crippen molar-refractivity contribution in [2.45, 2.75) is 45.8 Å². The van der Waals surface area contributed by atoms with Crippen LogP contribution in [0, 0.1) is 5.92 Å². The summed E-state index contributed by atoms with van der Waals surface area (Å²) in [5.41, 5.74) is 2.68. The normalized spacial score (nSPS) is 18.2. The van der Waals surface area contributed by atoms with Crippen molar-refractivity contribution in [3.63, 3.8) is 0 Å². The number of hydrogen-bond donors (Lipinski definition) is 2. The summed E-state index contributed by atoms with van der Waals surface area (Å²) in [5, 5.41) is 11.0. The first-order chi connectivity index (χ1) is 13.7. The molecule has 0 saturated carbocycles. The van der Waals surface area contributed by atoms with E-state index in [2.05, 4.69) is 56.8 Å². The fraction of sp³-hybridized carbons (Fsp3) is 0.545. The highest BCUT2D eigenvalue weighted by Crippen LogP contribution is 2.18. The van der Waals surface area contributed by atoms with Gasteiger partial charge in [0.05, 0.1) is 0 Å². The van der Waals surface area contributed by atoms with Crippen LogP contribution in [-0.2, 0) is 19.6 Å². The van der Waals surface area contributed by atoms with Gasteiger partial charge in [0.1, 0.15) is 0 Å². The number of hydrogen-bond acceptors (Lipinski definition) is 3. The van der Waals surface area contributed by atoms with Gasteiger partial charge in [-0.15, -0.1) is 0 Å². The van der Waals surface area contributed by atoms with Crippen molar-refractivity contribution in [1.29, 1.82) is 0 Å². The molecule has 2 heterocycles. The molecule has 0 radical (unpaired) electrons. The molecule has 1 saturated heterocycles. The standard InChI is InChI=1S/C22H34N6/c1-19-6-3-13-27(17-19)18-21-9-7-20(8-10-21)16-25-22(23-2)24-11-4-14-28-15-5-12-26-28/h5,7-10,12,15,19H,3-4,6,11,13-14,16-18H2,1-2H3,(H2,23,24,25). The van der Waals surface area contributed by atoms with E-state index in [1.807, 2.05) is 30.2 Å². The number of aryl methyl sites for hydroxylation is 1. The van der Waals surface area contributed by atoms with Crippen LogP contribution in [0.4, 0.5) is 0 Å². The van der Waals surface area contributed by atoms with Crippen LogP contribution in [0.2, 0.25) is 0 Å². The minimum Gasteiger partial charge on any atom is -0.356 e. The fourth-order valence-corrected chi connectivity index (χ4v) is 3.74. The summed E-state index contributed by atoms with van der Waals surface area (Å²) in [6.07, 6.45) is 7.51. The highest BCUT2D eigenvalue weighted by atomic mass is 15.3. The van der Waals surface area contributed by atoms with E-state index in [-0.39, 0.29) is 0 Å². The molecule has 2 N–H and O–H groups in total. The first-order valence-corrected chi connectivity index (χ1v) is 10.4. The van der Waals surface area contributed by atoms with E-state index < -0.39 is 0 Å². The van der Waals surface area contributed by atoms with E-state index in [1.165, 1.54) is 37.1 Å². The van der Waals surface area contributed by atoms with Gasteiger partial charge in [0, 0.05) is 52.2 Å². The molecule has 0 amide bonds. The molecule has 28 heavy (non-hydrogen) atoms. The Morgan fingerprint density at radius 2 is 2.04 bits per heavy atom. The number of piperidine rings is 1. The van der Waals surface area contributed by atoms with Crippen molar-refractivity contribution in [3.8, 4) is 0 Å². The molecule has 0 aliphatic carbocycles. The van der Waals surface area contributed by atoms with Crippen LogP contribution >= 0.6 is 0 Å². The summed E-state index contributed by atoms with van der Waals surface area (Å²) in [5.74, 6) is 1.67. The summed E-state index contributed by atoms with van der Waals surface area (Å²) >= 11 is 0. The largest absolute Gasteiger partial charge is 0.356 e. The van der Waals surface area contributed by atoms with Crippen LogP contribution in [0.15, 0.2) is 47.7 Å². The lowest BCUT2D eigenvalue weighted by atomic mass is 9.99. The molecule has 1 aliphatic heterocycles. The SMILES string of the molecule is CN=C(NCCCn1cccn1)NCc1ccc(CN2CCCC(C)C2)cc1. The van der Waals surface area contributed by atoms with E-state index in [4.69, 9.17) is 0 Å². The van der Waals surface area contributed by atoms with Crippen LogP contribution in [0.1, 0.15) is 37.3 Å². The van der Waals surface area contributed by atoms with Gasteiger partial charge in [0.25, 0.3) is 0 Å². The average molecular weight is 383 g/mol.